The first kappa shape index (κ1) is 9.73. The molecule has 0 aliphatic heterocycles. The number of aromatic nitrogens is 1. The molecule has 0 amide bonds. The Morgan fingerprint density at radius 2 is 2.13 bits per heavy atom. The van der Waals surface area contributed by atoms with Gasteiger partial charge in [-0.05, 0) is 30.3 Å². The third-order valence-corrected chi connectivity index (χ3v) is 2.13. The summed E-state index contributed by atoms with van der Waals surface area (Å²) < 4.78 is 0. The van der Waals surface area contributed by atoms with Crippen molar-refractivity contribution in [2.24, 2.45) is 0 Å². The van der Waals surface area contributed by atoms with E-state index in [1.807, 2.05) is 30.3 Å². The molecule has 0 aliphatic carbocycles. The van der Waals surface area contributed by atoms with Gasteiger partial charge >= 0.3 is 0 Å². The molecule has 0 bridgehead atoms. The number of pyridine rings is 1. The highest BCUT2D eigenvalue weighted by Crippen LogP contribution is 2.17. The van der Waals surface area contributed by atoms with Crippen LogP contribution in [-0.2, 0) is 0 Å². The van der Waals surface area contributed by atoms with E-state index in [1.165, 1.54) is 0 Å². The molecule has 0 atom stereocenters. The van der Waals surface area contributed by atoms with Crippen LogP contribution in [0.1, 0.15) is 0 Å². The molecule has 0 unspecified atom stereocenters. The number of nitrogens with two attached hydrogens (primary N) is 1. The van der Waals surface area contributed by atoms with Crippen LogP contribution in [0.5, 0.6) is 0 Å². The van der Waals surface area contributed by atoms with Gasteiger partial charge in [-0.25, -0.2) is 4.98 Å². The molecule has 2 aromatic rings. The number of hydrogen-bond donors (Lipinski definition) is 3. The average molecular weight is 203 g/mol. The van der Waals surface area contributed by atoms with Crippen LogP contribution in [-0.4, -0.2) is 23.2 Å². The summed E-state index contributed by atoms with van der Waals surface area (Å²) >= 11 is 0. The number of nitrogens with zero attached hydrogens (tertiary/aromatic N) is 1. The Bertz CT molecular complexity index is 470. The summed E-state index contributed by atoms with van der Waals surface area (Å²) in [5.74, 6) is 0.765. The molecule has 4 heteroatoms. The van der Waals surface area contributed by atoms with Crippen LogP contribution in [0.4, 0.5) is 11.5 Å². The minimum Gasteiger partial charge on any atom is -0.399 e. The first-order chi connectivity index (χ1) is 7.29. The molecule has 1 aromatic carbocycles. The summed E-state index contributed by atoms with van der Waals surface area (Å²) in [6, 6.07) is 9.42. The lowest BCUT2D eigenvalue weighted by Gasteiger charge is -2.05. The van der Waals surface area contributed by atoms with E-state index in [2.05, 4.69) is 10.3 Å². The third kappa shape index (κ3) is 2.16. The second-order valence-corrected chi connectivity index (χ2v) is 3.30. The highest BCUT2D eigenvalue weighted by Gasteiger charge is 1.97. The first-order valence-electron chi connectivity index (χ1n) is 4.80. The molecule has 0 saturated heterocycles. The highest BCUT2D eigenvalue weighted by molar-refractivity contribution is 5.83. The molecule has 15 heavy (non-hydrogen) atoms. The molecule has 4 nitrogen and oxygen atoms in total. The first-order valence-corrected chi connectivity index (χ1v) is 4.80. The van der Waals surface area contributed by atoms with E-state index in [-0.39, 0.29) is 6.61 Å². The second kappa shape index (κ2) is 4.14. The van der Waals surface area contributed by atoms with Crippen molar-refractivity contribution < 1.29 is 5.11 Å². The van der Waals surface area contributed by atoms with Gasteiger partial charge in [0.2, 0.25) is 0 Å². The summed E-state index contributed by atoms with van der Waals surface area (Å²) in [5, 5.41) is 12.7. The standard InChI is InChI=1S/C11H13N3O/c12-9-2-3-10-8(7-9)1-4-11(14-10)13-5-6-15/h1-4,7,15H,5-6,12H2,(H,13,14). The Morgan fingerprint density at radius 3 is 2.93 bits per heavy atom. The van der Waals surface area contributed by atoms with Crippen molar-refractivity contribution in [3.05, 3.63) is 30.3 Å². The lowest BCUT2D eigenvalue weighted by atomic mass is 10.2. The fourth-order valence-corrected chi connectivity index (χ4v) is 1.43. The van der Waals surface area contributed by atoms with Crippen LogP contribution < -0.4 is 11.1 Å². The topological polar surface area (TPSA) is 71.2 Å². The number of nitrogens with one attached hydrogen (secondary N) is 1. The van der Waals surface area contributed by atoms with Crippen LogP contribution >= 0.6 is 0 Å². The van der Waals surface area contributed by atoms with Crippen LogP contribution in [0.15, 0.2) is 30.3 Å². The Morgan fingerprint density at radius 1 is 1.27 bits per heavy atom. The van der Waals surface area contributed by atoms with Crippen molar-refractivity contribution in [1.29, 1.82) is 0 Å². The average Bonchev–Trinajstić information content (AvgIpc) is 2.26. The zero-order valence-electron chi connectivity index (χ0n) is 8.27. The Balaban J connectivity index is 2.34. The molecular weight excluding hydrogens is 190 g/mol. The molecular formula is C11H13N3O. The van der Waals surface area contributed by atoms with Crippen molar-refractivity contribution in [2.75, 3.05) is 24.2 Å². The van der Waals surface area contributed by atoms with Gasteiger partial charge in [0.05, 0.1) is 12.1 Å². The van der Waals surface area contributed by atoms with Gasteiger partial charge in [-0.1, -0.05) is 0 Å². The van der Waals surface area contributed by atoms with Crippen molar-refractivity contribution in [3.8, 4) is 0 Å². The van der Waals surface area contributed by atoms with E-state index < -0.39 is 0 Å². The quantitative estimate of drug-likeness (QED) is 0.656. The van der Waals surface area contributed by atoms with Gasteiger partial charge in [0.1, 0.15) is 5.82 Å². The van der Waals surface area contributed by atoms with Gasteiger partial charge in [-0.3, -0.25) is 0 Å². The second-order valence-electron chi connectivity index (χ2n) is 3.30. The normalized spacial score (nSPS) is 10.5. The van der Waals surface area contributed by atoms with Crippen molar-refractivity contribution >= 4 is 22.4 Å². The number of aliphatic hydroxyl groups is 1. The summed E-state index contributed by atoms with van der Waals surface area (Å²) in [4.78, 5) is 4.38. The van der Waals surface area contributed by atoms with E-state index in [0.717, 1.165) is 22.4 Å². The third-order valence-electron chi connectivity index (χ3n) is 2.13. The molecule has 0 spiro atoms. The van der Waals surface area contributed by atoms with Crippen molar-refractivity contribution in [2.45, 2.75) is 0 Å². The number of rotatable bonds is 3. The Labute approximate surface area is 87.7 Å². The molecule has 1 heterocycles. The van der Waals surface area contributed by atoms with Gasteiger partial charge in [-0.2, -0.15) is 0 Å². The molecule has 0 aliphatic rings. The largest absolute Gasteiger partial charge is 0.399 e. The maximum Gasteiger partial charge on any atom is 0.126 e. The van der Waals surface area contributed by atoms with Crippen LogP contribution in [0.25, 0.3) is 10.9 Å². The maximum atomic E-state index is 8.67. The van der Waals surface area contributed by atoms with Gasteiger partial charge in [-0.15, -0.1) is 0 Å². The van der Waals surface area contributed by atoms with Gasteiger partial charge in [0.15, 0.2) is 0 Å². The summed E-state index contributed by atoms with van der Waals surface area (Å²) in [6.07, 6.45) is 0. The molecule has 0 radical (unpaired) electrons. The smallest absolute Gasteiger partial charge is 0.126 e. The Hall–Kier alpha value is -1.81. The van der Waals surface area contributed by atoms with Gasteiger partial charge < -0.3 is 16.2 Å². The Kier molecular flexibility index (Phi) is 2.69. The molecule has 78 valence electrons. The zero-order valence-corrected chi connectivity index (χ0v) is 8.27. The predicted molar refractivity (Wildman–Crippen MR) is 61.7 cm³/mol. The minimum absolute atomic E-state index is 0.0987. The zero-order chi connectivity index (χ0) is 10.7. The summed E-state index contributed by atoms with van der Waals surface area (Å²) in [7, 11) is 0. The molecule has 1 aromatic heterocycles. The van der Waals surface area contributed by atoms with Gasteiger partial charge in [0.25, 0.3) is 0 Å². The number of hydrogen-bond acceptors (Lipinski definition) is 4. The lowest BCUT2D eigenvalue weighted by Crippen LogP contribution is -2.06. The fraction of sp³-hybridized carbons (Fsp3) is 0.182. The van der Waals surface area contributed by atoms with Crippen LogP contribution in [0.3, 0.4) is 0 Å². The number of benzene rings is 1. The van der Waals surface area contributed by atoms with Crippen LogP contribution in [0, 0.1) is 0 Å². The number of fused-ring (bicyclic) bond motifs is 1. The van der Waals surface area contributed by atoms with Crippen LogP contribution in [0.2, 0.25) is 0 Å². The van der Waals surface area contributed by atoms with E-state index in [4.69, 9.17) is 10.8 Å². The number of aliphatic hydroxyl groups excluding tert-OH is 1. The lowest BCUT2D eigenvalue weighted by molar-refractivity contribution is 0.311. The fourth-order valence-electron chi connectivity index (χ4n) is 1.43. The number of anilines is 2. The van der Waals surface area contributed by atoms with E-state index >= 15 is 0 Å². The summed E-state index contributed by atoms with van der Waals surface area (Å²) in [6.45, 7) is 0.606. The molecule has 0 fully saturated rings. The predicted octanol–water partition coefficient (Wildman–Crippen LogP) is 1.22. The number of nitrogen functional groups attached to an aromatic ring is 1. The molecule has 0 saturated carbocycles. The maximum absolute atomic E-state index is 8.67. The van der Waals surface area contributed by atoms with E-state index in [9.17, 15) is 0 Å². The minimum atomic E-state index is 0.0987. The molecule has 2 rings (SSSR count). The monoisotopic (exact) mass is 203 g/mol. The SMILES string of the molecule is Nc1ccc2nc(NCCO)ccc2c1. The van der Waals surface area contributed by atoms with E-state index in [0.29, 0.717) is 6.54 Å². The van der Waals surface area contributed by atoms with Crippen molar-refractivity contribution in [1.82, 2.24) is 4.98 Å². The van der Waals surface area contributed by atoms with Crippen molar-refractivity contribution in [3.63, 3.8) is 0 Å². The summed E-state index contributed by atoms with van der Waals surface area (Å²) in [5.41, 5.74) is 7.30. The molecule has 4 N–H and O–H groups in total. The van der Waals surface area contributed by atoms with Gasteiger partial charge in [0, 0.05) is 17.6 Å². The highest BCUT2D eigenvalue weighted by atomic mass is 16.3. The van der Waals surface area contributed by atoms with E-state index in [1.54, 1.807) is 0 Å².